The van der Waals surface area contributed by atoms with Crippen molar-refractivity contribution in [2.45, 2.75) is 31.3 Å². The van der Waals surface area contributed by atoms with Crippen molar-refractivity contribution in [1.82, 2.24) is 15.1 Å². The number of aromatic nitrogens is 2. The molecule has 1 aromatic heterocycles. The van der Waals surface area contributed by atoms with E-state index in [-0.39, 0.29) is 5.91 Å². The molecule has 1 aliphatic carbocycles. The first kappa shape index (κ1) is 14.8. The number of aromatic amines is 1. The molecule has 3 rings (SSSR count). The van der Waals surface area contributed by atoms with E-state index < -0.39 is 5.60 Å². The number of nitrogens with zero attached hydrogens (tertiary/aromatic N) is 2. The summed E-state index contributed by atoms with van der Waals surface area (Å²) < 4.78 is 0. The summed E-state index contributed by atoms with van der Waals surface area (Å²) in [7, 11) is 1.72. The van der Waals surface area contributed by atoms with E-state index in [1.54, 1.807) is 18.0 Å². The fourth-order valence-electron chi connectivity index (χ4n) is 3.10. The third kappa shape index (κ3) is 3.04. The minimum atomic E-state index is -0.729. The lowest BCUT2D eigenvalue weighted by atomic mass is 10.0. The molecule has 0 bridgehead atoms. The number of carbonyl (C=O) groups is 1. The Bertz CT molecular complexity index is 645. The normalized spacial score (nSPS) is 16.6. The summed E-state index contributed by atoms with van der Waals surface area (Å²) in [5, 5.41) is 17.4. The second-order valence-electron chi connectivity index (χ2n) is 6.13. The highest BCUT2D eigenvalue weighted by Gasteiger charge is 2.33. The molecule has 5 nitrogen and oxygen atoms in total. The molecule has 0 spiro atoms. The molecule has 1 aromatic carbocycles. The third-order valence-electron chi connectivity index (χ3n) is 4.29. The highest BCUT2D eigenvalue weighted by atomic mass is 16.3. The number of benzene rings is 1. The fraction of sp³-hybridized carbons (Fsp3) is 0.412. The van der Waals surface area contributed by atoms with Crippen LogP contribution in [-0.4, -0.2) is 45.3 Å². The van der Waals surface area contributed by atoms with Gasteiger partial charge >= 0.3 is 0 Å². The van der Waals surface area contributed by atoms with Crippen LogP contribution in [0, 0.1) is 0 Å². The molecule has 1 heterocycles. The van der Waals surface area contributed by atoms with Crippen molar-refractivity contribution < 1.29 is 9.90 Å². The van der Waals surface area contributed by atoms with Crippen molar-refractivity contribution in [2.75, 3.05) is 13.6 Å². The second-order valence-corrected chi connectivity index (χ2v) is 6.13. The maximum absolute atomic E-state index is 12.5. The maximum Gasteiger partial charge on any atom is 0.271 e. The van der Waals surface area contributed by atoms with Crippen molar-refractivity contribution in [1.29, 1.82) is 0 Å². The molecule has 2 aromatic rings. The van der Waals surface area contributed by atoms with E-state index in [1.165, 1.54) is 0 Å². The van der Waals surface area contributed by atoms with Gasteiger partial charge in [0.05, 0.1) is 11.3 Å². The summed E-state index contributed by atoms with van der Waals surface area (Å²) in [6.45, 7) is 0.367. The van der Waals surface area contributed by atoms with Crippen LogP contribution < -0.4 is 0 Å². The van der Waals surface area contributed by atoms with Gasteiger partial charge in [-0.05, 0) is 18.9 Å². The van der Waals surface area contributed by atoms with E-state index in [4.69, 9.17) is 0 Å². The van der Waals surface area contributed by atoms with Gasteiger partial charge < -0.3 is 10.0 Å². The van der Waals surface area contributed by atoms with Gasteiger partial charge in [-0.15, -0.1) is 0 Å². The number of nitrogens with one attached hydrogen (secondary N) is 1. The molecule has 0 atom stereocenters. The van der Waals surface area contributed by atoms with Crippen LogP contribution in [0.25, 0.3) is 11.3 Å². The van der Waals surface area contributed by atoms with E-state index in [0.29, 0.717) is 12.2 Å². The van der Waals surface area contributed by atoms with E-state index in [9.17, 15) is 9.90 Å². The molecular formula is C17H21N3O2. The van der Waals surface area contributed by atoms with Crippen molar-refractivity contribution in [2.24, 2.45) is 0 Å². The van der Waals surface area contributed by atoms with Crippen LogP contribution in [0.4, 0.5) is 0 Å². The first-order valence-corrected chi connectivity index (χ1v) is 7.66. The van der Waals surface area contributed by atoms with Crippen molar-refractivity contribution in [3.8, 4) is 11.3 Å². The molecule has 0 aliphatic heterocycles. The van der Waals surface area contributed by atoms with Crippen molar-refractivity contribution in [3.05, 3.63) is 42.1 Å². The van der Waals surface area contributed by atoms with Gasteiger partial charge in [0.15, 0.2) is 0 Å². The molecule has 0 unspecified atom stereocenters. The molecule has 116 valence electrons. The Balaban J connectivity index is 1.71. The summed E-state index contributed by atoms with van der Waals surface area (Å²) in [6, 6.07) is 11.5. The highest BCUT2D eigenvalue weighted by molar-refractivity contribution is 5.93. The van der Waals surface area contributed by atoms with Crippen molar-refractivity contribution >= 4 is 5.91 Å². The molecule has 0 radical (unpaired) electrons. The number of rotatable bonds is 4. The number of carbonyl (C=O) groups excluding carboxylic acids is 1. The average Bonchev–Trinajstić information content (AvgIpc) is 3.17. The molecule has 2 N–H and O–H groups in total. The van der Waals surface area contributed by atoms with Gasteiger partial charge in [-0.25, -0.2) is 0 Å². The van der Waals surface area contributed by atoms with E-state index in [1.807, 2.05) is 30.3 Å². The first-order chi connectivity index (χ1) is 10.6. The van der Waals surface area contributed by atoms with Gasteiger partial charge in [0, 0.05) is 19.2 Å². The van der Waals surface area contributed by atoms with Gasteiger partial charge in [0.1, 0.15) is 5.69 Å². The molecule has 5 heteroatoms. The average molecular weight is 299 g/mol. The van der Waals surface area contributed by atoms with Gasteiger partial charge in [0.2, 0.25) is 0 Å². The lowest BCUT2D eigenvalue weighted by Crippen LogP contribution is -2.42. The van der Waals surface area contributed by atoms with E-state index in [0.717, 1.165) is 36.9 Å². The monoisotopic (exact) mass is 299 g/mol. The molecule has 1 saturated carbocycles. The Morgan fingerprint density at radius 3 is 2.68 bits per heavy atom. The smallest absolute Gasteiger partial charge is 0.271 e. The Labute approximate surface area is 130 Å². The zero-order valence-electron chi connectivity index (χ0n) is 12.7. The fourth-order valence-corrected chi connectivity index (χ4v) is 3.10. The number of likely N-dealkylation sites (N-methyl/N-ethyl adjacent to an activating group) is 1. The van der Waals surface area contributed by atoms with Crippen LogP contribution in [0.2, 0.25) is 0 Å². The molecule has 0 saturated heterocycles. The molecule has 22 heavy (non-hydrogen) atoms. The van der Waals surface area contributed by atoms with Crippen LogP contribution in [0.1, 0.15) is 36.2 Å². The number of H-pyrrole nitrogens is 1. The number of amides is 1. The Morgan fingerprint density at radius 2 is 2.00 bits per heavy atom. The number of hydrogen-bond acceptors (Lipinski definition) is 3. The van der Waals surface area contributed by atoms with Crippen LogP contribution in [0.3, 0.4) is 0 Å². The standard InChI is InChI=1S/C17H21N3O2/c1-20(12-17(22)9-5-6-10-17)16(21)15-11-14(18-19-15)13-7-3-2-4-8-13/h2-4,7-8,11,22H,5-6,9-10,12H2,1H3,(H,18,19). The van der Waals surface area contributed by atoms with Crippen LogP contribution in [-0.2, 0) is 0 Å². The SMILES string of the molecule is CN(CC1(O)CCCC1)C(=O)c1cc(-c2ccccc2)n[nH]1. The van der Waals surface area contributed by atoms with Crippen molar-refractivity contribution in [3.63, 3.8) is 0 Å². The molecule has 1 fully saturated rings. The van der Waals surface area contributed by atoms with Gasteiger partial charge in [-0.2, -0.15) is 5.10 Å². The quantitative estimate of drug-likeness (QED) is 0.911. The van der Waals surface area contributed by atoms with Crippen LogP contribution >= 0.6 is 0 Å². The van der Waals surface area contributed by atoms with Gasteiger partial charge in [0.25, 0.3) is 5.91 Å². The first-order valence-electron chi connectivity index (χ1n) is 7.66. The lowest BCUT2D eigenvalue weighted by Gasteiger charge is -2.28. The zero-order valence-corrected chi connectivity index (χ0v) is 12.7. The van der Waals surface area contributed by atoms with Crippen LogP contribution in [0.5, 0.6) is 0 Å². The van der Waals surface area contributed by atoms with E-state index >= 15 is 0 Å². The zero-order chi connectivity index (χ0) is 15.6. The minimum absolute atomic E-state index is 0.144. The van der Waals surface area contributed by atoms with Gasteiger partial charge in [-0.1, -0.05) is 43.2 Å². The van der Waals surface area contributed by atoms with Gasteiger partial charge in [-0.3, -0.25) is 9.89 Å². The van der Waals surface area contributed by atoms with Crippen LogP contribution in [0.15, 0.2) is 36.4 Å². The summed E-state index contributed by atoms with van der Waals surface area (Å²) >= 11 is 0. The summed E-state index contributed by atoms with van der Waals surface area (Å²) in [5.74, 6) is -0.144. The number of aliphatic hydroxyl groups is 1. The Kier molecular flexibility index (Phi) is 3.98. The highest BCUT2D eigenvalue weighted by Crippen LogP contribution is 2.30. The third-order valence-corrected chi connectivity index (χ3v) is 4.29. The maximum atomic E-state index is 12.5. The predicted molar refractivity (Wildman–Crippen MR) is 84.4 cm³/mol. The largest absolute Gasteiger partial charge is 0.388 e. The predicted octanol–water partition coefficient (Wildman–Crippen LogP) is 2.45. The lowest BCUT2D eigenvalue weighted by molar-refractivity contribution is 0.0155. The minimum Gasteiger partial charge on any atom is -0.388 e. The second kappa shape index (κ2) is 5.93. The summed E-state index contributed by atoms with van der Waals surface area (Å²) in [4.78, 5) is 14.0. The Hall–Kier alpha value is -2.14. The number of hydrogen-bond donors (Lipinski definition) is 2. The Morgan fingerprint density at radius 1 is 1.32 bits per heavy atom. The molecular weight excluding hydrogens is 278 g/mol. The summed E-state index contributed by atoms with van der Waals surface area (Å²) in [6.07, 6.45) is 3.59. The topological polar surface area (TPSA) is 69.2 Å². The molecule has 1 aliphatic rings. The van der Waals surface area contributed by atoms with E-state index in [2.05, 4.69) is 10.2 Å². The molecule has 1 amide bonds. The summed E-state index contributed by atoms with van der Waals surface area (Å²) in [5.41, 5.74) is 1.43.